The maximum Gasteiger partial charge on any atom is 0.374 e. The summed E-state index contributed by atoms with van der Waals surface area (Å²) in [5.41, 5.74) is 0. The summed E-state index contributed by atoms with van der Waals surface area (Å²) in [4.78, 5) is 9.95. The average Bonchev–Trinajstić information content (AvgIpc) is 1.87. The first kappa shape index (κ1) is 8.81. The fourth-order valence-corrected chi connectivity index (χ4v) is 0.479. The summed E-state index contributed by atoms with van der Waals surface area (Å²) in [5, 5.41) is 25.4. The zero-order valence-electron chi connectivity index (χ0n) is 5.66. The first-order valence-corrected chi connectivity index (χ1v) is 2.94. The molecule has 0 aromatic rings. The molecular weight excluding hydrogens is 136 g/mol. The molecule has 4 heteroatoms. The van der Waals surface area contributed by atoms with Crippen LogP contribution in [0, 0.1) is 0 Å². The Kier molecular flexibility index (Phi) is 3.32. The average molecular weight is 146 g/mol. The van der Waals surface area contributed by atoms with Gasteiger partial charge in [-0.2, -0.15) is 0 Å². The first-order chi connectivity index (χ1) is 4.59. The second kappa shape index (κ2) is 3.76. The Morgan fingerprint density at radius 2 is 1.80 bits per heavy atom. The lowest BCUT2D eigenvalue weighted by Gasteiger charge is -1.97. The van der Waals surface area contributed by atoms with E-state index in [2.05, 4.69) is 0 Å². The number of hydrogen-bond donors (Lipinski definition) is 3. The van der Waals surface area contributed by atoms with Gasteiger partial charge in [0.1, 0.15) is 5.76 Å². The molecule has 0 aliphatic carbocycles. The molecule has 0 aromatic carbocycles. The van der Waals surface area contributed by atoms with Crippen LogP contribution in [0.15, 0.2) is 11.5 Å². The van der Waals surface area contributed by atoms with Crippen molar-refractivity contribution >= 4 is 5.97 Å². The Hall–Kier alpha value is -1.19. The number of carbonyl (C=O) groups is 1. The van der Waals surface area contributed by atoms with Crippen LogP contribution in [0.1, 0.15) is 19.8 Å². The highest BCUT2D eigenvalue weighted by atomic mass is 16.4. The highest BCUT2D eigenvalue weighted by Crippen LogP contribution is 2.04. The normalized spacial score (nSPS) is 12.5. The van der Waals surface area contributed by atoms with Crippen molar-refractivity contribution < 1.29 is 20.1 Å². The van der Waals surface area contributed by atoms with Gasteiger partial charge in [-0.3, -0.25) is 0 Å². The Balaban J connectivity index is 4.19. The Bertz CT molecular complexity index is 159. The number of aliphatic hydroxyl groups excluding tert-OH is 2. The van der Waals surface area contributed by atoms with E-state index in [1.54, 1.807) is 6.92 Å². The van der Waals surface area contributed by atoms with Crippen molar-refractivity contribution in [3.63, 3.8) is 0 Å². The molecule has 0 amide bonds. The van der Waals surface area contributed by atoms with E-state index in [0.717, 1.165) is 0 Å². The molecule has 4 nitrogen and oxygen atoms in total. The van der Waals surface area contributed by atoms with Crippen LogP contribution in [-0.2, 0) is 4.79 Å². The molecule has 0 radical (unpaired) electrons. The van der Waals surface area contributed by atoms with Crippen LogP contribution in [0.2, 0.25) is 0 Å². The molecule has 0 rings (SSSR count). The third-order valence-corrected chi connectivity index (χ3v) is 0.963. The van der Waals surface area contributed by atoms with Crippen LogP contribution < -0.4 is 0 Å². The lowest BCUT2D eigenvalue weighted by molar-refractivity contribution is -0.135. The van der Waals surface area contributed by atoms with E-state index in [0.29, 0.717) is 6.42 Å². The quantitative estimate of drug-likeness (QED) is 0.413. The van der Waals surface area contributed by atoms with Gasteiger partial charge in [0.05, 0.1) is 0 Å². The summed E-state index contributed by atoms with van der Waals surface area (Å²) < 4.78 is 0. The summed E-state index contributed by atoms with van der Waals surface area (Å²) in [5.74, 6) is -2.91. The van der Waals surface area contributed by atoms with Gasteiger partial charge in [0.25, 0.3) is 0 Å². The van der Waals surface area contributed by atoms with Gasteiger partial charge in [-0.15, -0.1) is 0 Å². The van der Waals surface area contributed by atoms with Gasteiger partial charge in [0.15, 0.2) is 0 Å². The number of aliphatic hydroxyl groups is 2. The van der Waals surface area contributed by atoms with Crippen molar-refractivity contribution in [2.75, 3.05) is 0 Å². The summed E-state index contributed by atoms with van der Waals surface area (Å²) in [7, 11) is 0. The zero-order valence-corrected chi connectivity index (χ0v) is 5.66. The number of rotatable bonds is 3. The lowest BCUT2D eigenvalue weighted by atomic mass is 10.2. The summed E-state index contributed by atoms with van der Waals surface area (Å²) in [6.45, 7) is 1.77. The highest BCUT2D eigenvalue weighted by molar-refractivity contribution is 5.84. The number of allylic oxidation sites excluding steroid dienone is 1. The van der Waals surface area contributed by atoms with Crippen molar-refractivity contribution in [1.82, 2.24) is 0 Å². The molecule has 0 spiro atoms. The van der Waals surface area contributed by atoms with Crippen molar-refractivity contribution in [3.8, 4) is 0 Å². The van der Waals surface area contributed by atoms with Crippen LogP contribution in [0.3, 0.4) is 0 Å². The van der Waals surface area contributed by atoms with E-state index < -0.39 is 17.5 Å². The second-order valence-corrected chi connectivity index (χ2v) is 1.85. The molecule has 0 fully saturated rings. The largest absolute Gasteiger partial charge is 0.508 e. The minimum Gasteiger partial charge on any atom is -0.508 e. The van der Waals surface area contributed by atoms with Gasteiger partial charge in [0, 0.05) is 6.42 Å². The van der Waals surface area contributed by atoms with Crippen LogP contribution in [0.4, 0.5) is 0 Å². The minimum atomic E-state index is -1.49. The van der Waals surface area contributed by atoms with Gasteiger partial charge in [0.2, 0.25) is 5.76 Å². The molecule has 3 N–H and O–H groups in total. The zero-order chi connectivity index (χ0) is 8.15. The predicted octanol–water partition coefficient (Wildman–Crippen LogP) is 1.20. The van der Waals surface area contributed by atoms with E-state index in [1.807, 2.05) is 0 Å². The number of carboxylic acids is 1. The SMILES string of the molecule is CCC/C(O)=C(\O)C(=O)O. The topological polar surface area (TPSA) is 77.8 Å². The molecular formula is C6H10O4. The van der Waals surface area contributed by atoms with Crippen molar-refractivity contribution in [2.45, 2.75) is 19.8 Å². The number of hydrogen-bond acceptors (Lipinski definition) is 3. The number of aliphatic carboxylic acids is 1. The van der Waals surface area contributed by atoms with Crippen molar-refractivity contribution in [2.24, 2.45) is 0 Å². The molecule has 0 unspecified atom stereocenters. The molecule has 0 aromatic heterocycles. The van der Waals surface area contributed by atoms with Gasteiger partial charge in [-0.25, -0.2) is 4.79 Å². The molecule has 0 atom stereocenters. The second-order valence-electron chi connectivity index (χ2n) is 1.85. The highest BCUT2D eigenvalue weighted by Gasteiger charge is 2.09. The van der Waals surface area contributed by atoms with E-state index >= 15 is 0 Å². The maximum absolute atomic E-state index is 9.95. The molecule has 0 saturated heterocycles. The molecule has 0 heterocycles. The Morgan fingerprint density at radius 3 is 2.10 bits per heavy atom. The fourth-order valence-electron chi connectivity index (χ4n) is 0.479. The lowest BCUT2D eigenvalue weighted by Crippen LogP contribution is -2.03. The first-order valence-electron chi connectivity index (χ1n) is 2.94. The van der Waals surface area contributed by atoms with Crippen LogP contribution in [0.25, 0.3) is 0 Å². The Morgan fingerprint density at radius 1 is 1.30 bits per heavy atom. The number of carboxylic acid groups (broad SMARTS) is 1. The summed E-state index contributed by atoms with van der Waals surface area (Å²) in [6.07, 6.45) is 0.793. The van der Waals surface area contributed by atoms with Crippen LogP contribution >= 0.6 is 0 Å². The van der Waals surface area contributed by atoms with Crippen molar-refractivity contribution in [3.05, 3.63) is 11.5 Å². The van der Waals surface area contributed by atoms with E-state index in [4.69, 9.17) is 15.3 Å². The van der Waals surface area contributed by atoms with E-state index in [9.17, 15) is 4.79 Å². The van der Waals surface area contributed by atoms with Gasteiger partial charge in [-0.1, -0.05) is 6.92 Å². The smallest absolute Gasteiger partial charge is 0.374 e. The molecule has 0 aliphatic heterocycles. The monoisotopic (exact) mass is 146 g/mol. The standard InChI is InChI=1S/C6H10O4/c1-2-3-4(7)5(8)6(9)10/h7-8H,2-3H2,1H3,(H,9,10)/b5-4+. The van der Waals surface area contributed by atoms with Crippen molar-refractivity contribution in [1.29, 1.82) is 0 Å². The summed E-state index contributed by atoms with van der Waals surface area (Å²) >= 11 is 0. The third kappa shape index (κ3) is 2.39. The van der Waals surface area contributed by atoms with E-state index in [1.165, 1.54) is 0 Å². The van der Waals surface area contributed by atoms with Gasteiger partial charge in [-0.05, 0) is 6.42 Å². The fraction of sp³-hybridized carbons (Fsp3) is 0.500. The predicted molar refractivity (Wildman–Crippen MR) is 34.8 cm³/mol. The molecule has 0 aliphatic rings. The molecule has 0 bridgehead atoms. The van der Waals surface area contributed by atoms with E-state index in [-0.39, 0.29) is 6.42 Å². The maximum atomic E-state index is 9.95. The molecule has 58 valence electrons. The van der Waals surface area contributed by atoms with Crippen LogP contribution in [-0.4, -0.2) is 21.3 Å². The molecule has 0 saturated carbocycles. The van der Waals surface area contributed by atoms with Gasteiger partial charge < -0.3 is 15.3 Å². The van der Waals surface area contributed by atoms with Gasteiger partial charge >= 0.3 is 5.97 Å². The Labute approximate surface area is 58.4 Å². The third-order valence-electron chi connectivity index (χ3n) is 0.963. The van der Waals surface area contributed by atoms with Crippen LogP contribution in [0.5, 0.6) is 0 Å². The molecule has 10 heavy (non-hydrogen) atoms. The minimum absolute atomic E-state index is 0.193. The summed E-state index contributed by atoms with van der Waals surface area (Å²) in [6, 6.07) is 0.